The van der Waals surface area contributed by atoms with Crippen LogP contribution in [0.1, 0.15) is 27.2 Å². The molecule has 0 aliphatic rings. The van der Waals surface area contributed by atoms with Gasteiger partial charge in [0, 0.05) is 24.6 Å². The van der Waals surface area contributed by atoms with E-state index in [1.807, 2.05) is 38.1 Å². The van der Waals surface area contributed by atoms with Gasteiger partial charge >= 0.3 is 0 Å². The number of rotatable bonds is 5. The van der Waals surface area contributed by atoms with Crippen LogP contribution in [0.5, 0.6) is 0 Å². The molecule has 126 valence electrons. The summed E-state index contributed by atoms with van der Waals surface area (Å²) >= 11 is 0. The number of nitrogens with zero attached hydrogens (tertiary/aromatic N) is 3. The summed E-state index contributed by atoms with van der Waals surface area (Å²) in [4.78, 5) is 24.5. The van der Waals surface area contributed by atoms with Crippen LogP contribution in [-0.2, 0) is 6.54 Å². The van der Waals surface area contributed by atoms with Gasteiger partial charge in [-0.1, -0.05) is 6.07 Å². The normalized spacial score (nSPS) is 10.3. The number of nitrogens with one attached hydrogen (secondary N) is 2. The molecule has 25 heavy (non-hydrogen) atoms. The van der Waals surface area contributed by atoms with Crippen molar-refractivity contribution in [2.24, 2.45) is 0 Å². The number of aryl methyl sites for hydroxylation is 2. The molecule has 2 aromatic heterocycles. The number of benzene rings is 1. The van der Waals surface area contributed by atoms with Gasteiger partial charge in [0.15, 0.2) is 0 Å². The van der Waals surface area contributed by atoms with E-state index >= 15 is 0 Å². The van der Waals surface area contributed by atoms with Crippen LogP contribution in [0.4, 0.5) is 11.5 Å². The zero-order valence-electron chi connectivity index (χ0n) is 14.2. The molecule has 0 fully saturated rings. The molecular weight excluding hydrogens is 314 g/mol. The third-order valence-corrected chi connectivity index (χ3v) is 3.58. The maximum absolute atomic E-state index is 12.1. The highest BCUT2D eigenvalue weighted by molar-refractivity contribution is 5.92. The number of hydrogen-bond acceptors (Lipinski definition) is 5. The van der Waals surface area contributed by atoms with Gasteiger partial charge in [0.2, 0.25) is 0 Å². The lowest BCUT2D eigenvalue weighted by atomic mass is 10.1. The van der Waals surface area contributed by atoms with Gasteiger partial charge < -0.3 is 10.6 Å². The Morgan fingerprint density at radius 2 is 1.72 bits per heavy atom. The summed E-state index contributed by atoms with van der Waals surface area (Å²) in [5.74, 6) is 0.331. The van der Waals surface area contributed by atoms with Gasteiger partial charge in [-0.3, -0.25) is 9.78 Å². The lowest BCUT2D eigenvalue weighted by molar-refractivity contribution is 0.0945. The molecule has 0 unspecified atom stereocenters. The van der Waals surface area contributed by atoms with Gasteiger partial charge in [0.1, 0.15) is 11.5 Å². The molecule has 6 heteroatoms. The molecule has 2 heterocycles. The fraction of sp³-hybridized carbons (Fsp3) is 0.158. The van der Waals surface area contributed by atoms with Gasteiger partial charge in [-0.15, -0.1) is 0 Å². The predicted molar refractivity (Wildman–Crippen MR) is 96.6 cm³/mol. The quantitative estimate of drug-likeness (QED) is 0.750. The molecule has 0 atom stereocenters. The minimum atomic E-state index is -0.262. The molecule has 0 radical (unpaired) electrons. The minimum absolute atomic E-state index is 0.262. The van der Waals surface area contributed by atoms with Crippen LogP contribution in [0.25, 0.3) is 0 Å². The van der Waals surface area contributed by atoms with E-state index in [1.165, 1.54) is 17.3 Å². The average Bonchev–Trinajstić information content (AvgIpc) is 2.60. The molecule has 3 rings (SSSR count). The number of pyridine rings is 1. The average molecular weight is 333 g/mol. The van der Waals surface area contributed by atoms with E-state index in [-0.39, 0.29) is 11.6 Å². The summed E-state index contributed by atoms with van der Waals surface area (Å²) in [6.07, 6.45) is 6.40. The molecule has 0 bridgehead atoms. The monoisotopic (exact) mass is 333 g/mol. The second kappa shape index (κ2) is 7.53. The Bertz CT molecular complexity index is 842. The van der Waals surface area contributed by atoms with Crippen molar-refractivity contribution in [3.8, 4) is 0 Å². The SMILES string of the molecule is Cc1cc(C)cc(Nc2cnc(C(=O)NCc3ccncc3)cn2)c1. The lowest BCUT2D eigenvalue weighted by Crippen LogP contribution is -2.24. The summed E-state index contributed by atoms with van der Waals surface area (Å²) in [5, 5.41) is 6.01. The summed E-state index contributed by atoms with van der Waals surface area (Å²) < 4.78 is 0. The molecule has 1 amide bonds. The van der Waals surface area contributed by atoms with Crippen LogP contribution in [0.3, 0.4) is 0 Å². The van der Waals surface area contributed by atoms with E-state index in [0.717, 1.165) is 11.3 Å². The summed E-state index contributed by atoms with van der Waals surface area (Å²) in [6.45, 7) is 4.51. The van der Waals surface area contributed by atoms with Crippen LogP contribution in [0, 0.1) is 13.8 Å². The van der Waals surface area contributed by atoms with Crippen LogP contribution in [0.2, 0.25) is 0 Å². The van der Waals surface area contributed by atoms with Crippen molar-refractivity contribution in [2.75, 3.05) is 5.32 Å². The summed E-state index contributed by atoms with van der Waals surface area (Å²) in [6, 6.07) is 9.87. The first-order valence-electron chi connectivity index (χ1n) is 7.94. The van der Waals surface area contributed by atoms with E-state index in [4.69, 9.17) is 0 Å². The topological polar surface area (TPSA) is 79.8 Å². The molecule has 2 N–H and O–H groups in total. The van der Waals surface area contributed by atoms with E-state index in [9.17, 15) is 4.79 Å². The second-order valence-corrected chi connectivity index (χ2v) is 5.83. The lowest BCUT2D eigenvalue weighted by Gasteiger charge is -2.08. The number of carbonyl (C=O) groups is 1. The van der Waals surface area contributed by atoms with Crippen LogP contribution >= 0.6 is 0 Å². The number of aromatic nitrogens is 3. The van der Waals surface area contributed by atoms with Crippen molar-refractivity contribution in [3.05, 3.63) is 77.5 Å². The van der Waals surface area contributed by atoms with Gasteiger partial charge in [-0.05, 0) is 54.8 Å². The number of hydrogen-bond donors (Lipinski definition) is 2. The fourth-order valence-corrected chi connectivity index (χ4v) is 2.48. The molecule has 6 nitrogen and oxygen atoms in total. The molecular formula is C19H19N5O. The van der Waals surface area contributed by atoms with Gasteiger partial charge in [0.05, 0.1) is 12.4 Å². The van der Waals surface area contributed by atoms with Gasteiger partial charge in [-0.2, -0.15) is 0 Å². The third-order valence-electron chi connectivity index (χ3n) is 3.58. The van der Waals surface area contributed by atoms with Gasteiger partial charge in [0.25, 0.3) is 5.91 Å². The van der Waals surface area contributed by atoms with Crippen molar-refractivity contribution >= 4 is 17.4 Å². The van der Waals surface area contributed by atoms with Crippen LogP contribution in [0.15, 0.2) is 55.1 Å². The third kappa shape index (κ3) is 4.60. The standard InChI is InChI=1S/C19H19N5O/c1-13-7-14(2)9-16(8-13)24-18-12-21-17(11-22-18)19(25)23-10-15-3-5-20-6-4-15/h3-9,11-12H,10H2,1-2H3,(H,22,24)(H,23,25). The maximum Gasteiger partial charge on any atom is 0.271 e. The zero-order chi connectivity index (χ0) is 17.6. The molecule has 0 aliphatic heterocycles. The second-order valence-electron chi connectivity index (χ2n) is 5.83. The zero-order valence-corrected chi connectivity index (χ0v) is 14.2. The molecule has 0 aliphatic carbocycles. The van der Waals surface area contributed by atoms with Crippen molar-refractivity contribution in [1.82, 2.24) is 20.3 Å². The van der Waals surface area contributed by atoms with E-state index < -0.39 is 0 Å². The molecule has 0 spiro atoms. The fourth-order valence-electron chi connectivity index (χ4n) is 2.48. The summed E-state index contributed by atoms with van der Waals surface area (Å²) in [7, 11) is 0. The molecule has 1 aromatic carbocycles. The van der Waals surface area contributed by atoms with Crippen molar-refractivity contribution in [2.45, 2.75) is 20.4 Å². The number of carbonyl (C=O) groups excluding carboxylic acids is 1. The molecule has 0 saturated heterocycles. The Hall–Kier alpha value is -3.28. The maximum atomic E-state index is 12.1. The largest absolute Gasteiger partial charge is 0.347 e. The Kier molecular flexibility index (Phi) is 4.99. The predicted octanol–water partition coefficient (Wildman–Crippen LogP) is 3.16. The summed E-state index contributed by atoms with van der Waals surface area (Å²) in [5.41, 5.74) is 4.54. The first-order chi connectivity index (χ1) is 12.1. The molecule has 0 saturated carbocycles. The van der Waals surface area contributed by atoms with Crippen LogP contribution < -0.4 is 10.6 Å². The highest BCUT2D eigenvalue weighted by Gasteiger charge is 2.08. The van der Waals surface area contributed by atoms with Crippen molar-refractivity contribution in [1.29, 1.82) is 0 Å². The Morgan fingerprint density at radius 1 is 1.00 bits per heavy atom. The highest BCUT2D eigenvalue weighted by Crippen LogP contribution is 2.17. The van der Waals surface area contributed by atoms with Crippen molar-refractivity contribution in [3.63, 3.8) is 0 Å². The molecule has 3 aromatic rings. The Labute approximate surface area is 146 Å². The van der Waals surface area contributed by atoms with Gasteiger partial charge in [-0.25, -0.2) is 9.97 Å². The van der Waals surface area contributed by atoms with E-state index in [2.05, 4.69) is 31.7 Å². The number of amides is 1. The first kappa shape index (κ1) is 16.6. The minimum Gasteiger partial charge on any atom is -0.347 e. The van der Waals surface area contributed by atoms with E-state index in [1.54, 1.807) is 18.6 Å². The van der Waals surface area contributed by atoms with Crippen molar-refractivity contribution < 1.29 is 4.79 Å². The first-order valence-corrected chi connectivity index (χ1v) is 7.94. The van der Waals surface area contributed by atoms with E-state index in [0.29, 0.717) is 12.4 Å². The highest BCUT2D eigenvalue weighted by atomic mass is 16.1. The smallest absolute Gasteiger partial charge is 0.271 e. The Morgan fingerprint density at radius 3 is 2.36 bits per heavy atom. The van der Waals surface area contributed by atoms with Crippen LogP contribution in [-0.4, -0.2) is 20.9 Å². The Balaban J connectivity index is 1.62. The number of anilines is 2.